The molecule has 0 unspecified atom stereocenters. The number of quaternary nitrogens is 2. The van der Waals surface area contributed by atoms with Gasteiger partial charge in [0.2, 0.25) is 5.75 Å². The highest BCUT2D eigenvalue weighted by molar-refractivity contribution is 5.94. The van der Waals surface area contributed by atoms with E-state index < -0.39 is 6.03 Å². The number of imide groups is 1. The van der Waals surface area contributed by atoms with Gasteiger partial charge in [0, 0.05) is 6.04 Å². The Morgan fingerprint density at radius 2 is 1.59 bits per heavy atom. The van der Waals surface area contributed by atoms with Crippen molar-refractivity contribution in [3.8, 4) is 17.2 Å². The number of carbonyl (C=O) groups excluding carboxylic acids is 2. The van der Waals surface area contributed by atoms with Gasteiger partial charge in [-0.2, -0.15) is 0 Å². The number of amides is 3. The summed E-state index contributed by atoms with van der Waals surface area (Å²) in [5.41, 5.74) is 1.06. The summed E-state index contributed by atoms with van der Waals surface area (Å²) in [5, 5.41) is 5.05. The molecule has 1 fully saturated rings. The van der Waals surface area contributed by atoms with Gasteiger partial charge in [-0.05, 0) is 26.0 Å². The molecule has 1 aromatic rings. The molecule has 0 aliphatic carbocycles. The first-order valence-electron chi connectivity index (χ1n) is 9.93. The number of hydrogen-bond donors (Lipinski definition) is 4. The van der Waals surface area contributed by atoms with Crippen LogP contribution in [0, 0.1) is 0 Å². The number of carbonyl (C=O) groups is 2. The van der Waals surface area contributed by atoms with Crippen LogP contribution in [0.15, 0.2) is 12.1 Å². The van der Waals surface area contributed by atoms with Crippen molar-refractivity contribution in [1.82, 2.24) is 10.6 Å². The van der Waals surface area contributed by atoms with Crippen molar-refractivity contribution >= 4 is 11.9 Å². The lowest BCUT2D eigenvalue weighted by molar-refractivity contribution is -1.02. The van der Waals surface area contributed by atoms with Crippen LogP contribution in [0.2, 0.25) is 0 Å². The molecule has 2 rings (SSSR count). The van der Waals surface area contributed by atoms with Gasteiger partial charge in [-0.25, -0.2) is 4.79 Å². The van der Waals surface area contributed by atoms with Crippen LogP contribution in [0.25, 0.3) is 0 Å². The highest BCUT2D eigenvalue weighted by Gasteiger charge is 2.27. The number of ether oxygens (including phenoxy) is 3. The third-order valence-electron chi connectivity index (χ3n) is 4.97. The quantitative estimate of drug-likeness (QED) is 0.407. The summed E-state index contributed by atoms with van der Waals surface area (Å²) < 4.78 is 16.4. The predicted molar refractivity (Wildman–Crippen MR) is 108 cm³/mol. The van der Waals surface area contributed by atoms with Gasteiger partial charge in [0.05, 0.1) is 26.9 Å². The van der Waals surface area contributed by atoms with Crippen LogP contribution >= 0.6 is 0 Å². The predicted octanol–water partition coefficient (Wildman–Crippen LogP) is -1.77. The minimum Gasteiger partial charge on any atom is -0.493 e. The number of piperazine rings is 1. The Labute approximate surface area is 172 Å². The monoisotopic (exact) mass is 410 g/mol. The molecule has 162 valence electrons. The summed E-state index contributed by atoms with van der Waals surface area (Å²) in [6, 6.07) is 3.46. The van der Waals surface area contributed by atoms with Gasteiger partial charge in [-0.3, -0.25) is 10.1 Å². The molecule has 1 heterocycles. The molecule has 1 aliphatic heterocycles. The van der Waals surface area contributed by atoms with Crippen LogP contribution in [0.5, 0.6) is 17.2 Å². The summed E-state index contributed by atoms with van der Waals surface area (Å²) in [5.74, 6) is 1.70. The number of hydrogen-bond acceptors (Lipinski definition) is 5. The molecule has 1 aliphatic rings. The SMILES string of the molecule is COc1ccc(C[NH+]2CC[NH+](CC(=O)NC(=O)NC(C)C)CC2)c(OC)c1OC. The fourth-order valence-electron chi connectivity index (χ4n) is 3.58. The second-order valence-electron chi connectivity index (χ2n) is 7.52. The van der Waals surface area contributed by atoms with Crippen LogP contribution in [-0.4, -0.2) is 72.0 Å². The lowest BCUT2D eigenvalue weighted by Crippen LogP contribution is -3.28. The Bertz CT molecular complexity index is 702. The molecular weight excluding hydrogens is 376 g/mol. The number of benzene rings is 1. The summed E-state index contributed by atoms with van der Waals surface area (Å²) in [7, 11) is 4.84. The molecule has 0 spiro atoms. The Hall–Kier alpha value is -2.52. The zero-order valence-corrected chi connectivity index (χ0v) is 18.0. The average Bonchev–Trinajstić information content (AvgIpc) is 2.68. The third kappa shape index (κ3) is 6.50. The van der Waals surface area contributed by atoms with Gasteiger partial charge in [0.25, 0.3) is 5.91 Å². The normalized spacial score (nSPS) is 18.8. The zero-order chi connectivity index (χ0) is 21.4. The van der Waals surface area contributed by atoms with Crippen molar-refractivity contribution in [2.24, 2.45) is 0 Å². The first-order chi connectivity index (χ1) is 13.9. The zero-order valence-electron chi connectivity index (χ0n) is 18.0. The summed E-state index contributed by atoms with van der Waals surface area (Å²) in [6.07, 6.45) is 0. The van der Waals surface area contributed by atoms with Crippen molar-refractivity contribution in [3.05, 3.63) is 17.7 Å². The number of nitrogens with one attached hydrogen (secondary N) is 4. The smallest absolute Gasteiger partial charge is 0.321 e. The van der Waals surface area contributed by atoms with Gasteiger partial charge in [0.15, 0.2) is 18.0 Å². The van der Waals surface area contributed by atoms with E-state index in [-0.39, 0.29) is 11.9 Å². The number of methoxy groups -OCH3 is 3. The van der Waals surface area contributed by atoms with E-state index in [9.17, 15) is 9.59 Å². The maximum atomic E-state index is 12.0. The topological polar surface area (TPSA) is 94.8 Å². The maximum absolute atomic E-state index is 12.0. The lowest BCUT2D eigenvalue weighted by atomic mass is 10.1. The van der Waals surface area contributed by atoms with E-state index in [2.05, 4.69) is 10.6 Å². The standard InChI is InChI=1S/C20H32N4O5/c1-14(2)21-20(26)22-17(25)13-24-10-8-23(9-11-24)12-15-6-7-16(27-3)19(29-5)18(15)28-4/h6-7,14H,8-13H2,1-5H3,(H2,21,22,25,26)/p+2. The Morgan fingerprint density at radius 1 is 0.966 bits per heavy atom. The molecule has 0 atom stereocenters. The van der Waals surface area contributed by atoms with Crippen molar-refractivity contribution in [3.63, 3.8) is 0 Å². The van der Waals surface area contributed by atoms with Crippen LogP contribution in [0.1, 0.15) is 19.4 Å². The first-order valence-corrected chi connectivity index (χ1v) is 9.93. The summed E-state index contributed by atoms with van der Waals surface area (Å²) in [6.45, 7) is 8.40. The van der Waals surface area contributed by atoms with Crippen LogP contribution < -0.4 is 34.6 Å². The van der Waals surface area contributed by atoms with Gasteiger partial charge in [0.1, 0.15) is 32.7 Å². The number of rotatable bonds is 8. The fourth-order valence-corrected chi connectivity index (χ4v) is 3.58. The van der Waals surface area contributed by atoms with Crippen molar-refractivity contribution in [2.45, 2.75) is 26.4 Å². The van der Waals surface area contributed by atoms with Gasteiger partial charge < -0.3 is 29.3 Å². The summed E-state index contributed by atoms with van der Waals surface area (Å²) in [4.78, 5) is 26.3. The molecule has 3 amide bonds. The van der Waals surface area contributed by atoms with Gasteiger partial charge >= 0.3 is 6.03 Å². The largest absolute Gasteiger partial charge is 0.493 e. The Kier molecular flexibility index (Phi) is 8.53. The molecule has 9 nitrogen and oxygen atoms in total. The second kappa shape index (κ2) is 10.9. The van der Waals surface area contributed by atoms with E-state index in [0.717, 1.165) is 38.3 Å². The minimum absolute atomic E-state index is 0.00383. The van der Waals surface area contributed by atoms with E-state index in [4.69, 9.17) is 14.2 Å². The van der Waals surface area contributed by atoms with E-state index in [1.54, 1.807) is 21.3 Å². The number of urea groups is 1. The molecule has 1 aromatic carbocycles. The van der Waals surface area contributed by atoms with Crippen LogP contribution in [-0.2, 0) is 11.3 Å². The highest BCUT2D eigenvalue weighted by atomic mass is 16.5. The Morgan fingerprint density at radius 3 is 2.14 bits per heavy atom. The van der Waals surface area contributed by atoms with Crippen molar-refractivity contribution < 1.29 is 33.6 Å². The minimum atomic E-state index is -0.436. The van der Waals surface area contributed by atoms with Crippen molar-refractivity contribution in [1.29, 1.82) is 0 Å². The van der Waals surface area contributed by atoms with Gasteiger partial charge in [-0.15, -0.1) is 0 Å². The van der Waals surface area contributed by atoms with E-state index in [1.165, 1.54) is 9.80 Å². The van der Waals surface area contributed by atoms with E-state index >= 15 is 0 Å². The van der Waals surface area contributed by atoms with Crippen LogP contribution in [0.3, 0.4) is 0 Å². The van der Waals surface area contributed by atoms with Gasteiger partial charge in [-0.1, -0.05) is 0 Å². The molecule has 1 saturated heterocycles. The molecule has 0 radical (unpaired) electrons. The Balaban J connectivity index is 1.87. The van der Waals surface area contributed by atoms with Crippen molar-refractivity contribution in [2.75, 3.05) is 54.1 Å². The maximum Gasteiger partial charge on any atom is 0.321 e. The summed E-state index contributed by atoms with van der Waals surface area (Å²) >= 11 is 0. The third-order valence-corrected chi connectivity index (χ3v) is 4.97. The fraction of sp³-hybridized carbons (Fsp3) is 0.600. The van der Waals surface area contributed by atoms with E-state index in [1.807, 2.05) is 26.0 Å². The molecule has 0 bridgehead atoms. The highest BCUT2D eigenvalue weighted by Crippen LogP contribution is 2.39. The van der Waals surface area contributed by atoms with Crippen LogP contribution in [0.4, 0.5) is 4.79 Å². The molecule has 9 heteroatoms. The molecular formula is C20H34N4O5+2. The second-order valence-corrected chi connectivity index (χ2v) is 7.52. The molecule has 4 N–H and O–H groups in total. The molecule has 29 heavy (non-hydrogen) atoms. The first kappa shape index (κ1) is 22.8. The average molecular weight is 411 g/mol. The molecule has 0 aromatic heterocycles. The lowest BCUT2D eigenvalue weighted by Gasteiger charge is -2.29. The molecule has 0 saturated carbocycles. The van der Waals surface area contributed by atoms with E-state index in [0.29, 0.717) is 23.8 Å².